The smallest absolute Gasteiger partial charge is 0.334 e. The van der Waals surface area contributed by atoms with E-state index in [9.17, 15) is 14.9 Å². The van der Waals surface area contributed by atoms with Gasteiger partial charge in [0.15, 0.2) is 0 Å². The maximum Gasteiger partial charge on any atom is 0.334 e. The van der Waals surface area contributed by atoms with Crippen LogP contribution in [-0.2, 0) is 9.53 Å². The lowest BCUT2D eigenvalue weighted by Crippen LogP contribution is -2.07. The van der Waals surface area contributed by atoms with Crippen molar-refractivity contribution in [1.29, 1.82) is 0 Å². The van der Waals surface area contributed by atoms with Gasteiger partial charge >= 0.3 is 5.97 Å². The third-order valence-corrected chi connectivity index (χ3v) is 4.04. The van der Waals surface area contributed by atoms with Crippen LogP contribution in [0.5, 0.6) is 0 Å². The highest BCUT2D eigenvalue weighted by Gasteiger charge is 2.40. The number of hydrogen-bond acceptors (Lipinski definition) is 4. The molecule has 0 amide bonds. The fraction of sp³-hybridized carbons (Fsp3) is 0.167. The number of non-ortho nitro benzene ring substituents is 1. The molecule has 1 aliphatic heterocycles. The van der Waals surface area contributed by atoms with E-state index in [-0.39, 0.29) is 11.6 Å². The minimum Gasteiger partial charge on any atom is -0.453 e. The molecule has 0 spiro atoms. The Hall–Kier alpha value is -2.95. The van der Waals surface area contributed by atoms with Crippen molar-refractivity contribution in [1.82, 2.24) is 0 Å². The maximum atomic E-state index is 12.0. The number of aryl methyl sites for hydroxylation is 1. The van der Waals surface area contributed by atoms with Crippen molar-refractivity contribution in [3.8, 4) is 0 Å². The van der Waals surface area contributed by atoms with Gasteiger partial charge in [-0.15, -0.1) is 0 Å². The topological polar surface area (TPSA) is 69.4 Å². The van der Waals surface area contributed by atoms with E-state index in [4.69, 9.17) is 4.74 Å². The number of nitrogens with zero attached hydrogens (tertiary/aromatic N) is 1. The van der Waals surface area contributed by atoms with Gasteiger partial charge < -0.3 is 4.74 Å². The SMILES string of the molecule is C=C1C(=O)O[C@H](c2ccc([N+](=O)[O-])cc2)[C@H]1c1ccc(C)cc1. The molecular weight excluding hydrogens is 294 g/mol. The van der Waals surface area contributed by atoms with E-state index >= 15 is 0 Å². The van der Waals surface area contributed by atoms with Crippen LogP contribution in [0.2, 0.25) is 0 Å². The molecule has 2 aromatic rings. The number of hydrogen-bond donors (Lipinski definition) is 0. The van der Waals surface area contributed by atoms with Crippen LogP contribution < -0.4 is 0 Å². The summed E-state index contributed by atoms with van der Waals surface area (Å²) < 4.78 is 5.45. The highest BCUT2D eigenvalue weighted by molar-refractivity contribution is 5.92. The van der Waals surface area contributed by atoms with Crippen molar-refractivity contribution in [2.75, 3.05) is 0 Å². The van der Waals surface area contributed by atoms with E-state index < -0.39 is 17.0 Å². The zero-order chi connectivity index (χ0) is 16.6. The van der Waals surface area contributed by atoms with Gasteiger partial charge in [-0.1, -0.05) is 36.4 Å². The van der Waals surface area contributed by atoms with Gasteiger partial charge in [0.05, 0.1) is 10.8 Å². The number of rotatable bonds is 3. The van der Waals surface area contributed by atoms with Crippen LogP contribution in [0.4, 0.5) is 5.69 Å². The molecule has 2 atom stereocenters. The summed E-state index contributed by atoms with van der Waals surface area (Å²) in [6.45, 7) is 5.84. The first kappa shape index (κ1) is 15.0. The van der Waals surface area contributed by atoms with Crippen LogP contribution in [0.15, 0.2) is 60.7 Å². The standard InChI is InChI=1S/C18H15NO4/c1-11-3-5-13(6-4-11)16-12(2)18(20)23-17(16)14-7-9-15(10-8-14)19(21)22/h3-10,16-17H,2H2,1H3/t16-,17-/m1/s1. The predicted octanol–water partition coefficient (Wildman–Crippen LogP) is 3.84. The lowest BCUT2D eigenvalue weighted by Gasteiger charge is -2.18. The largest absolute Gasteiger partial charge is 0.453 e. The molecule has 0 radical (unpaired) electrons. The molecule has 1 fully saturated rings. The Balaban J connectivity index is 1.98. The first-order valence-electron chi connectivity index (χ1n) is 7.18. The van der Waals surface area contributed by atoms with Crippen molar-refractivity contribution < 1.29 is 14.5 Å². The summed E-state index contributed by atoms with van der Waals surface area (Å²) >= 11 is 0. The number of ether oxygens (including phenoxy) is 1. The third-order valence-electron chi connectivity index (χ3n) is 4.04. The van der Waals surface area contributed by atoms with Crippen molar-refractivity contribution >= 4 is 11.7 Å². The second-order valence-electron chi connectivity index (χ2n) is 5.59. The molecule has 0 bridgehead atoms. The van der Waals surface area contributed by atoms with Crippen LogP contribution >= 0.6 is 0 Å². The summed E-state index contributed by atoms with van der Waals surface area (Å²) in [5.41, 5.74) is 3.18. The average molecular weight is 309 g/mol. The number of nitro groups is 1. The number of esters is 1. The van der Waals surface area contributed by atoms with Gasteiger partial charge in [-0.25, -0.2) is 4.79 Å². The minimum atomic E-state index is -0.515. The lowest BCUT2D eigenvalue weighted by molar-refractivity contribution is -0.384. The first-order valence-corrected chi connectivity index (χ1v) is 7.18. The molecule has 0 aliphatic carbocycles. The Kier molecular flexibility index (Phi) is 3.70. The number of nitro benzene ring substituents is 1. The van der Waals surface area contributed by atoms with Crippen molar-refractivity contribution in [3.63, 3.8) is 0 Å². The van der Waals surface area contributed by atoms with Crippen LogP contribution in [-0.4, -0.2) is 10.9 Å². The van der Waals surface area contributed by atoms with Gasteiger partial charge in [0, 0.05) is 17.7 Å². The monoisotopic (exact) mass is 309 g/mol. The van der Waals surface area contributed by atoms with E-state index in [0.29, 0.717) is 11.1 Å². The summed E-state index contributed by atoms with van der Waals surface area (Å²) in [5.74, 6) is -0.719. The highest BCUT2D eigenvalue weighted by atomic mass is 16.6. The molecule has 1 aliphatic rings. The summed E-state index contributed by atoms with van der Waals surface area (Å²) in [4.78, 5) is 22.3. The predicted molar refractivity (Wildman–Crippen MR) is 85.0 cm³/mol. The zero-order valence-corrected chi connectivity index (χ0v) is 12.6. The Morgan fingerprint density at radius 1 is 1.04 bits per heavy atom. The molecule has 0 saturated carbocycles. The van der Waals surface area contributed by atoms with Gasteiger partial charge in [0.1, 0.15) is 6.10 Å². The molecule has 5 heteroatoms. The second-order valence-corrected chi connectivity index (χ2v) is 5.59. The number of cyclic esters (lactones) is 1. The van der Waals surface area contributed by atoms with Gasteiger partial charge in [0.2, 0.25) is 0 Å². The molecule has 1 heterocycles. The highest BCUT2D eigenvalue weighted by Crippen LogP contribution is 2.45. The molecule has 23 heavy (non-hydrogen) atoms. The van der Waals surface area contributed by atoms with Crippen LogP contribution in [0.25, 0.3) is 0 Å². The lowest BCUT2D eigenvalue weighted by atomic mass is 9.86. The van der Waals surface area contributed by atoms with Crippen molar-refractivity contribution in [3.05, 3.63) is 87.5 Å². The normalized spacial score (nSPS) is 20.4. The Labute approximate surface area is 133 Å². The van der Waals surface area contributed by atoms with E-state index in [1.54, 1.807) is 12.1 Å². The van der Waals surface area contributed by atoms with Crippen LogP contribution in [0.1, 0.15) is 28.7 Å². The Morgan fingerprint density at radius 3 is 2.17 bits per heavy atom. The number of benzene rings is 2. The van der Waals surface area contributed by atoms with Gasteiger partial charge in [-0.3, -0.25) is 10.1 Å². The molecule has 1 saturated heterocycles. The summed E-state index contributed by atoms with van der Waals surface area (Å²) in [6, 6.07) is 13.9. The van der Waals surface area contributed by atoms with Crippen LogP contribution in [0, 0.1) is 17.0 Å². The number of carbonyl (C=O) groups excluding carboxylic acids is 1. The van der Waals surface area contributed by atoms with E-state index in [2.05, 4.69) is 6.58 Å². The molecule has 116 valence electrons. The minimum absolute atomic E-state index is 0.00351. The molecular formula is C18H15NO4. The molecule has 0 aromatic heterocycles. The van der Waals surface area contributed by atoms with Gasteiger partial charge in [-0.2, -0.15) is 0 Å². The zero-order valence-electron chi connectivity index (χ0n) is 12.6. The van der Waals surface area contributed by atoms with E-state index in [1.807, 2.05) is 31.2 Å². The molecule has 0 N–H and O–H groups in total. The second kappa shape index (κ2) is 5.68. The summed E-state index contributed by atoms with van der Waals surface area (Å²) in [7, 11) is 0. The molecule has 0 unspecified atom stereocenters. The molecule has 5 nitrogen and oxygen atoms in total. The fourth-order valence-electron chi connectivity index (χ4n) is 2.76. The van der Waals surface area contributed by atoms with E-state index in [0.717, 1.165) is 11.1 Å². The Morgan fingerprint density at radius 2 is 1.61 bits per heavy atom. The summed E-state index contributed by atoms with van der Waals surface area (Å²) in [6.07, 6.45) is -0.515. The third kappa shape index (κ3) is 2.73. The Bertz CT molecular complexity index is 778. The first-order chi connectivity index (χ1) is 11.0. The van der Waals surface area contributed by atoms with E-state index in [1.165, 1.54) is 12.1 Å². The summed E-state index contributed by atoms with van der Waals surface area (Å²) in [5, 5.41) is 10.8. The van der Waals surface area contributed by atoms with Crippen LogP contribution in [0.3, 0.4) is 0 Å². The van der Waals surface area contributed by atoms with Crippen molar-refractivity contribution in [2.45, 2.75) is 18.9 Å². The fourth-order valence-corrected chi connectivity index (χ4v) is 2.76. The van der Waals surface area contributed by atoms with Crippen molar-refractivity contribution in [2.24, 2.45) is 0 Å². The number of carbonyl (C=O) groups is 1. The average Bonchev–Trinajstić information content (AvgIpc) is 2.84. The quantitative estimate of drug-likeness (QED) is 0.374. The van der Waals surface area contributed by atoms with Gasteiger partial charge in [-0.05, 0) is 30.2 Å². The maximum absolute atomic E-state index is 12.0. The molecule has 2 aromatic carbocycles. The molecule has 3 rings (SSSR count). The van der Waals surface area contributed by atoms with Gasteiger partial charge in [0.25, 0.3) is 5.69 Å².